The van der Waals surface area contributed by atoms with Gasteiger partial charge in [-0.2, -0.15) is 0 Å². The van der Waals surface area contributed by atoms with E-state index in [1.54, 1.807) is 17.7 Å². The standard InChI is InChI=1S/C18H18FN3S/c1-12-6-8-22(9-7-12)17-16-15(10-23-18(16)21-11-20-17)13-2-4-14(19)5-3-13/h2-5,10-12H,6-9H2,1H3. The van der Waals surface area contributed by atoms with E-state index >= 15 is 0 Å². The quantitative estimate of drug-likeness (QED) is 0.681. The van der Waals surface area contributed by atoms with E-state index in [1.807, 2.05) is 12.1 Å². The maximum atomic E-state index is 13.2. The highest BCUT2D eigenvalue weighted by Crippen LogP contribution is 2.38. The fourth-order valence-electron chi connectivity index (χ4n) is 3.16. The summed E-state index contributed by atoms with van der Waals surface area (Å²) in [6, 6.07) is 6.66. The second kappa shape index (κ2) is 5.89. The molecule has 1 saturated heterocycles. The summed E-state index contributed by atoms with van der Waals surface area (Å²) < 4.78 is 13.2. The third kappa shape index (κ3) is 2.70. The number of thiophene rings is 1. The molecule has 0 amide bonds. The fourth-order valence-corrected chi connectivity index (χ4v) is 4.07. The molecule has 3 nitrogen and oxygen atoms in total. The topological polar surface area (TPSA) is 29.0 Å². The van der Waals surface area contributed by atoms with E-state index in [1.165, 1.54) is 25.0 Å². The Kier molecular flexibility index (Phi) is 3.73. The van der Waals surface area contributed by atoms with E-state index in [0.717, 1.165) is 46.2 Å². The van der Waals surface area contributed by atoms with Gasteiger partial charge in [0.1, 0.15) is 22.8 Å². The maximum Gasteiger partial charge on any atom is 0.141 e. The molecule has 1 fully saturated rings. The highest BCUT2D eigenvalue weighted by molar-refractivity contribution is 7.17. The number of rotatable bonds is 2. The van der Waals surface area contributed by atoms with Crippen LogP contribution in [0.25, 0.3) is 21.3 Å². The van der Waals surface area contributed by atoms with Gasteiger partial charge in [0.15, 0.2) is 0 Å². The number of fused-ring (bicyclic) bond motifs is 1. The summed E-state index contributed by atoms with van der Waals surface area (Å²) in [6.07, 6.45) is 4.05. The van der Waals surface area contributed by atoms with Crippen molar-refractivity contribution < 1.29 is 4.39 Å². The van der Waals surface area contributed by atoms with Crippen LogP contribution >= 0.6 is 11.3 Å². The van der Waals surface area contributed by atoms with E-state index < -0.39 is 0 Å². The highest BCUT2D eigenvalue weighted by Gasteiger charge is 2.21. The largest absolute Gasteiger partial charge is 0.356 e. The second-order valence-electron chi connectivity index (χ2n) is 6.20. The van der Waals surface area contributed by atoms with Gasteiger partial charge in [-0.15, -0.1) is 11.3 Å². The van der Waals surface area contributed by atoms with Gasteiger partial charge in [-0.25, -0.2) is 14.4 Å². The van der Waals surface area contributed by atoms with E-state index in [-0.39, 0.29) is 5.82 Å². The fraction of sp³-hybridized carbons (Fsp3) is 0.333. The predicted octanol–water partition coefficient (Wildman–Crippen LogP) is 4.73. The van der Waals surface area contributed by atoms with Gasteiger partial charge in [-0.1, -0.05) is 19.1 Å². The second-order valence-corrected chi connectivity index (χ2v) is 7.06. The number of hydrogen-bond acceptors (Lipinski definition) is 4. The summed E-state index contributed by atoms with van der Waals surface area (Å²) in [5.74, 6) is 1.58. The monoisotopic (exact) mass is 327 g/mol. The first-order chi connectivity index (χ1) is 11.2. The van der Waals surface area contributed by atoms with Crippen molar-refractivity contribution in [1.82, 2.24) is 9.97 Å². The van der Waals surface area contributed by atoms with E-state index in [9.17, 15) is 4.39 Å². The number of piperidine rings is 1. The van der Waals surface area contributed by atoms with E-state index in [2.05, 4.69) is 27.2 Å². The van der Waals surface area contributed by atoms with Crippen LogP contribution in [0.4, 0.5) is 10.2 Å². The first-order valence-corrected chi connectivity index (χ1v) is 8.83. The summed E-state index contributed by atoms with van der Waals surface area (Å²) in [4.78, 5) is 12.4. The first-order valence-electron chi connectivity index (χ1n) is 7.95. The number of aromatic nitrogens is 2. The van der Waals surface area contributed by atoms with Crippen LogP contribution in [-0.2, 0) is 0 Å². The highest BCUT2D eigenvalue weighted by atomic mass is 32.1. The lowest BCUT2D eigenvalue weighted by Gasteiger charge is -2.31. The Morgan fingerprint density at radius 3 is 2.61 bits per heavy atom. The van der Waals surface area contributed by atoms with Crippen LogP contribution in [0.3, 0.4) is 0 Å². The molecule has 4 rings (SSSR count). The normalized spacial score (nSPS) is 16.2. The molecule has 0 aliphatic carbocycles. The van der Waals surface area contributed by atoms with Crippen LogP contribution in [0.2, 0.25) is 0 Å². The van der Waals surface area contributed by atoms with Gasteiger partial charge in [0.2, 0.25) is 0 Å². The molecule has 118 valence electrons. The third-order valence-electron chi connectivity index (χ3n) is 4.59. The molecule has 0 bridgehead atoms. The van der Waals surface area contributed by atoms with Crippen molar-refractivity contribution in [1.29, 1.82) is 0 Å². The van der Waals surface area contributed by atoms with Crippen molar-refractivity contribution >= 4 is 27.4 Å². The lowest BCUT2D eigenvalue weighted by atomic mass is 9.98. The van der Waals surface area contributed by atoms with Gasteiger partial charge in [-0.3, -0.25) is 0 Å². The van der Waals surface area contributed by atoms with Crippen molar-refractivity contribution in [2.75, 3.05) is 18.0 Å². The molecule has 0 saturated carbocycles. The van der Waals surface area contributed by atoms with Gasteiger partial charge >= 0.3 is 0 Å². The van der Waals surface area contributed by atoms with Gasteiger partial charge in [0.05, 0.1) is 5.39 Å². The van der Waals surface area contributed by atoms with Gasteiger partial charge < -0.3 is 4.90 Å². The minimum absolute atomic E-state index is 0.213. The molecule has 5 heteroatoms. The smallest absolute Gasteiger partial charge is 0.141 e. The summed E-state index contributed by atoms with van der Waals surface area (Å²) in [6.45, 7) is 4.37. The summed E-state index contributed by atoms with van der Waals surface area (Å²) in [5.41, 5.74) is 2.11. The Labute approximate surface area is 138 Å². The molecule has 1 aromatic carbocycles. The molecule has 0 atom stereocenters. The Morgan fingerprint density at radius 2 is 1.87 bits per heavy atom. The van der Waals surface area contributed by atoms with Crippen LogP contribution < -0.4 is 4.90 Å². The van der Waals surface area contributed by atoms with Crippen molar-refractivity contribution in [2.45, 2.75) is 19.8 Å². The molecule has 23 heavy (non-hydrogen) atoms. The SMILES string of the molecule is CC1CCN(c2ncnc3scc(-c4ccc(F)cc4)c23)CC1. The Hall–Kier alpha value is -2.01. The molecule has 0 radical (unpaired) electrons. The summed E-state index contributed by atoms with van der Waals surface area (Å²) in [5, 5.41) is 3.20. The molecule has 0 spiro atoms. The lowest BCUT2D eigenvalue weighted by molar-refractivity contribution is 0.437. The molecule has 1 aliphatic rings. The molecule has 3 heterocycles. The van der Waals surface area contributed by atoms with Crippen LogP contribution in [0, 0.1) is 11.7 Å². The van der Waals surface area contributed by atoms with Crippen molar-refractivity contribution in [3.8, 4) is 11.1 Å². The van der Waals surface area contributed by atoms with E-state index in [0.29, 0.717) is 0 Å². The minimum atomic E-state index is -0.213. The summed E-state index contributed by atoms with van der Waals surface area (Å²) >= 11 is 1.62. The number of halogens is 1. The molecule has 0 unspecified atom stereocenters. The Balaban J connectivity index is 1.82. The first kappa shape index (κ1) is 14.6. The van der Waals surface area contributed by atoms with Crippen LogP contribution in [0.1, 0.15) is 19.8 Å². The maximum absolute atomic E-state index is 13.2. The van der Waals surface area contributed by atoms with Gasteiger partial charge in [0.25, 0.3) is 0 Å². The Bertz CT molecular complexity index is 820. The predicted molar refractivity (Wildman–Crippen MR) is 93.4 cm³/mol. The molecule has 2 aromatic heterocycles. The Morgan fingerprint density at radius 1 is 1.13 bits per heavy atom. The van der Waals surface area contributed by atoms with Crippen LogP contribution in [-0.4, -0.2) is 23.1 Å². The van der Waals surface area contributed by atoms with Crippen LogP contribution in [0.15, 0.2) is 36.0 Å². The summed E-state index contributed by atoms with van der Waals surface area (Å²) in [7, 11) is 0. The van der Waals surface area contributed by atoms with Crippen LogP contribution in [0.5, 0.6) is 0 Å². The molecule has 3 aromatic rings. The zero-order chi connectivity index (χ0) is 15.8. The number of anilines is 1. The molecule has 1 aliphatic heterocycles. The number of nitrogens with zero attached hydrogens (tertiary/aromatic N) is 3. The lowest BCUT2D eigenvalue weighted by Crippen LogP contribution is -2.33. The minimum Gasteiger partial charge on any atom is -0.356 e. The average molecular weight is 327 g/mol. The van der Waals surface area contributed by atoms with Gasteiger partial charge in [-0.05, 0) is 36.5 Å². The molecular formula is C18H18FN3S. The van der Waals surface area contributed by atoms with Crippen molar-refractivity contribution in [3.63, 3.8) is 0 Å². The number of hydrogen-bond donors (Lipinski definition) is 0. The number of benzene rings is 1. The van der Waals surface area contributed by atoms with Crippen molar-refractivity contribution in [3.05, 3.63) is 41.8 Å². The van der Waals surface area contributed by atoms with Crippen molar-refractivity contribution in [2.24, 2.45) is 5.92 Å². The zero-order valence-electron chi connectivity index (χ0n) is 13.0. The van der Waals surface area contributed by atoms with Gasteiger partial charge in [0, 0.05) is 24.0 Å². The molecule has 0 N–H and O–H groups in total. The average Bonchev–Trinajstić information content (AvgIpc) is 3.00. The van der Waals surface area contributed by atoms with E-state index in [4.69, 9.17) is 0 Å². The zero-order valence-corrected chi connectivity index (χ0v) is 13.8. The molecular weight excluding hydrogens is 309 g/mol. The third-order valence-corrected chi connectivity index (χ3v) is 5.47.